The van der Waals surface area contributed by atoms with Crippen molar-refractivity contribution in [3.63, 3.8) is 0 Å². The van der Waals surface area contributed by atoms with Gasteiger partial charge in [-0.25, -0.2) is 0 Å². The lowest BCUT2D eigenvalue weighted by Gasteiger charge is -2.47. The third kappa shape index (κ3) is 4.95. The zero-order chi connectivity index (χ0) is 30.4. The van der Waals surface area contributed by atoms with Crippen LogP contribution in [0.3, 0.4) is 0 Å². The van der Waals surface area contributed by atoms with Gasteiger partial charge in [-0.2, -0.15) is 0 Å². The molecule has 0 bridgehead atoms. The van der Waals surface area contributed by atoms with Gasteiger partial charge in [0.25, 0.3) is 0 Å². The molecule has 44 heavy (non-hydrogen) atoms. The molecular formula is C41H36O3. The molecule has 0 radical (unpaired) electrons. The molecule has 0 heterocycles. The van der Waals surface area contributed by atoms with Gasteiger partial charge in [0, 0.05) is 0 Å². The molecule has 6 rings (SSSR count). The average Bonchev–Trinajstić information content (AvgIpc) is 3.11. The molecule has 0 fully saturated rings. The molecule has 0 spiro atoms. The monoisotopic (exact) mass is 576 g/mol. The van der Waals surface area contributed by atoms with E-state index in [4.69, 9.17) is 0 Å². The number of hydrogen-bond acceptors (Lipinski definition) is 3. The summed E-state index contributed by atoms with van der Waals surface area (Å²) in [5.41, 5.74) is 2.42. The first-order valence-corrected chi connectivity index (χ1v) is 15.0. The minimum Gasteiger partial charge on any atom is -0.389 e. The fourth-order valence-electron chi connectivity index (χ4n) is 6.92. The van der Waals surface area contributed by atoms with Crippen molar-refractivity contribution in [2.45, 2.75) is 29.1 Å². The fourth-order valence-corrected chi connectivity index (χ4v) is 6.92. The molecule has 6 aromatic carbocycles. The van der Waals surface area contributed by atoms with Crippen LogP contribution in [0.2, 0.25) is 0 Å². The van der Waals surface area contributed by atoms with Crippen molar-refractivity contribution in [2.24, 2.45) is 0 Å². The van der Waals surface area contributed by atoms with E-state index < -0.39 is 29.1 Å². The maximum Gasteiger partial charge on any atom is 0.109 e. The van der Waals surface area contributed by atoms with Gasteiger partial charge < -0.3 is 15.3 Å². The van der Waals surface area contributed by atoms with Crippen LogP contribution in [0, 0.1) is 0 Å². The van der Waals surface area contributed by atoms with Crippen molar-refractivity contribution >= 4 is 0 Å². The standard InChI is InChI=1S/C41H36O3/c42-37(38(43)40(31-19-7-1-8-20-31,32-21-9-2-10-22-32)33-23-11-3-12-24-33)39(44)41(34-25-13-4-14-26-34,35-27-15-5-16-28-35)36-29-17-6-18-30-36/h1-30,37-39,42-44H. The van der Waals surface area contributed by atoms with Gasteiger partial charge in [0.05, 0.1) is 10.8 Å². The Morgan fingerprint density at radius 1 is 0.273 bits per heavy atom. The average molecular weight is 577 g/mol. The highest BCUT2D eigenvalue weighted by Crippen LogP contribution is 2.48. The highest BCUT2D eigenvalue weighted by molar-refractivity contribution is 5.55. The molecular weight excluding hydrogens is 540 g/mol. The second-order valence-electron chi connectivity index (χ2n) is 11.2. The molecule has 0 aliphatic carbocycles. The molecule has 0 aromatic heterocycles. The van der Waals surface area contributed by atoms with Crippen molar-refractivity contribution in [1.29, 1.82) is 0 Å². The van der Waals surface area contributed by atoms with E-state index in [1.54, 1.807) is 0 Å². The predicted octanol–water partition coefficient (Wildman–Crippen LogP) is 7.14. The molecule has 0 aliphatic rings. The van der Waals surface area contributed by atoms with E-state index in [-0.39, 0.29) is 0 Å². The Morgan fingerprint density at radius 3 is 0.591 bits per heavy atom. The van der Waals surface area contributed by atoms with E-state index in [0.717, 1.165) is 33.4 Å². The van der Waals surface area contributed by atoms with Gasteiger partial charge in [0.15, 0.2) is 0 Å². The summed E-state index contributed by atoms with van der Waals surface area (Å²) in [6.07, 6.45) is -4.52. The normalized spacial score (nSPS) is 14.0. The minimum absolute atomic E-state index is 0.806. The fraction of sp³-hybridized carbons (Fsp3) is 0.122. The van der Waals surface area contributed by atoms with Crippen LogP contribution in [0.15, 0.2) is 182 Å². The van der Waals surface area contributed by atoms with Gasteiger partial charge in [0.1, 0.15) is 18.3 Å². The van der Waals surface area contributed by atoms with E-state index in [9.17, 15) is 15.3 Å². The number of rotatable bonds is 10. The predicted molar refractivity (Wildman–Crippen MR) is 176 cm³/mol. The van der Waals surface area contributed by atoms with Gasteiger partial charge in [-0.05, 0) is 33.4 Å². The smallest absolute Gasteiger partial charge is 0.109 e. The number of aliphatic hydroxyl groups excluding tert-OH is 3. The Balaban J connectivity index is 1.62. The lowest BCUT2D eigenvalue weighted by Crippen LogP contribution is -2.58. The Kier molecular flexibility index (Phi) is 8.53. The third-order valence-electron chi connectivity index (χ3n) is 8.91. The van der Waals surface area contributed by atoms with Crippen LogP contribution in [0.4, 0.5) is 0 Å². The summed E-state index contributed by atoms with van der Waals surface area (Å²) < 4.78 is 0. The zero-order valence-corrected chi connectivity index (χ0v) is 24.4. The molecule has 6 aromatic rings. The summed E-state index contributed by atoms with van der Waals surface area (Å²) in [5.74, 6) is 0. The topological polar surface area (TPSA) is 60.7 Å². The number of benzene rings is 6. The molecule has 3 heteroatoms. The van der Waals surface area contributed by atoms with Crippen LogP contribution in [0.1, 0.15) is 33.4 Å². The Hall–Kier alpha value is -4.80. The van der Waals surface area contributed by atoms with Gasteiger partial charge >= 0.3 is 0 Å². The van der Waals surface area contributed by atoms with Crippen LogP contribution in [0.5, 0.6) is 0 Å². The van der Waals surface area contributed by atoms with Gasteiger partial charge in [-0.3, -0.25) is 0 Å². The van der Waals surface area contributed by atoms with Crippen LogP contribution in [-0.4, -0.2) is 33.6 Å². The van der Waals surface area contributed by atoms with E-state index in [1.807, 2.05) is 182 Å². The van der Waals surface area contributed by atoms with E-state index in [2.05, 4.69) is 0 Å². The Bertz CT molecular complexity index is 1400. The minimum atomic E-state index is -1.60. The first-order chi connectivity index (χ1) is 21.6. The van der Waals surface area contributed by atoms with E-state index in [0.29, 0.717) is 0 Å². The highest BCUT2D eigenvalue weighted by atomic mass is 16.4. The van der Waals surface area contributed by atoms with Crippen molar-refractivity contribution in [2.75, 3.05) is 0 Å². The Morgan fingerprint density at radius 2 is 0.432 bits per heavy atom. The van der Waals surface area contributed by atoms with Crippen molar-refractivity contribution in [3.8, 4) is 0 Å². The first-order valence-electron chi connectivity index (χ1n) is 15.0. The summed E-state index contributed by atoms with van der Waals surface area (Å²) in [7, 11) is 0. The summed E-state index contributed by atoms with van der Waals surface area (Å²) >= 11 is 0. The molecule has 0 amide bonds. The molecule has 0 saturated heterocycles. The largest absolute Gasteiger partial charge is 0.389 e. The summed E-state index contributed by atoms with van der Waals surface area (Å²) in [5, 5.41) is 38.0. The molecule has 2 atom stereocenters. The number of hydrogen-bond donors (Lipinski definition) is 3. The van der Waals surface area contributed by atoms with Crippen molar-refractivity contribution < 1.29 is 15.3 Å². The van der Waals surface area contributed by atoms with Gasteiger partial charge in [0.2, 0.25) is 0 Å². The molecule has 0 aliphatic heterocycles. The lowest BCUT2D eigenvalue weighted by molar-refractivity contribution is -0.0919. The highest BCUT2D eigenvalue weighted by Gasteiger charge is 2.53. The molecule has 0 saturated carbocycles. The second kappa shape index (κ2) is 12.8. The van der Waals surface area contributed by atoms with Crippen LogP contribution in [-0.2, 0) is 10.8 Å². The maximum atomic E-state index is 12.8. The molecule has 218 valence electrons. The maximum absolute atomic E-state index is 12.8. The SMILES string of the molecule is OC(C(O)C(c1ccccc1)(c1ccccc1)c1ccccc1)C(O)C(c1ccccc1)(c1ccccc1)c1ccccc1. The zero-order valence-electron chi connectivity index (χ0n) is 24.4. The summed E-state index contributed by atoms with van der Waals surface area (Å²) in [4.78, 5) is 0. The van der Waals surface area contributed by atoms with Gasteiger partial charge in [-0.15, -0.1) is 0 Å². The van der Waals surface area contributed by atoms with Crippen molar-refractivity contribution in [3.05, 3.63) is 215 Å². The summed E-state index contributed by atoms with van der Waals surface area (Å²) in [6.45, 7) is 0. The summed E-state index contributed by atoms with van der Waals surface area (Å²) in [6, 6.07) is 58.6. The van der Waals surface area contributed by atoms with Gasteiger partial charge in [-0.1, -0.05) is 182 Å². The molecule has 3 N–H and O–H groups in total. The van der Waals surface area contributed by atoms with Crippen LogP contribution < -0.4 is 0 Å². The van der Waals surface area contributed by atoms with E-state index in [1.165, 1.54) is 0 Å². The van der Waals surface area contributed by atoms with Crippen LogP contribution in [0.25, 0.3) is 0 Å². The lowest BCUT2D eigenvalue weighted by atomic mass is 9.59. The molecule has 2 unspecified atom stereocenters. The second-order valence-corrected chi connectivity index (χ2v) is 11.2. The number of aliphatic hydroxyl groups is 3. The Labute approximate surface area is 259 Å². The van der Waals surface area contributed by atoms with E-state index >= 15 is 0 Å². The quantitative estimate of drug-likeness (QED) is 0.152. The third-order valence-corrected chi connectivity index (χ3v) is 8.91. The first kappa shape index (κ1) is 29.3. The van der Waals surface area contributed by atoms with Crippen LogP contribution >= 0.6 is 0 Å². The van der Waals surface area contributed by atoms with Crippen molar-refractivity contribution in [1.82, 2.24) is 0 Å². The molecule has 3 nitrogen and oxygen atoms in total.